The van der Waals surface area contributed by atoms with Gasteiger partial charge >= 0.3 is 0 Å². The molecule has 0 aliphatic heterocycles. The smallest absolute Gasteiger partial charge is 0.230 e. The van der Waals surface area contributed by atoms with E-state index in [2.05, 4.69) is 24.4 Å². The Labute approximate surface area is 142 Å². The molecule has 2 aromatic rings. The third-order valence-corrected chi connectivity index (χ3v) is 4.39. The minimum absolute atomic E-state index is 0.0245. The normalized spacial score (nSPS) is 11.8. The van der Waals surface area contributed by atoms with E-state index in [0.29, 0.717) is 12.4 Å². The van der Waals surface area contributed by atoms with Crippen molar-refractivity contribution in [2.75, 3.05) is 12.4 Å². The number of benzene rings is 2. The number of nitrogens with one attached hydrogen (secondary N) is 1. The van der Waals surface area contributed by atoms with Gasteiger partial charge in [-0.15, -0.1) is 11.8 Å². The fraction of sp³-hybridized carbons (Fsp3) is 0.316. The van der Waals surface area contributed by atoms with Gasteiger partial charge in [-0.25, -0.2) is 0 Å². The van der Waals surface area contributed by atoms with Crippen LogP contribution in [0.25, 0.3) is 0 Å². The molecule has 0 heterocycles. The van der Waals surface area contributed by atoms with E-state index in [0.717, 1.165) is 16.2 Å². The van der Waals surface area contributed by atoms with Crippen LogP contribution in [0.15, 0.2) is 53.4 Å². The molecule has 0 saturated carbocycles. The first-order valence-electron chi connectivity index (χ1n) is 7.72. The Balaban J connectivity index is 1.72. The first-order chi connectivity index (χ1) is 11.0. The van der Waals surface area contributed by atoms with Crippen LogP contribution in [-0.2, 0) is 4.79 Å². The van der Waals surface area contributed by atoms with Crippen LogP contribution in [0.5, 0.6) is 5.75 Å². The molecule has 4 heteroatoms. The van der Waals surface area contributed by atoms with E-state index in [9.17, 15) is 4.79 Å². The van der Waals surface area contributed by atoms with E-state index in [1.54, 1.807) is 11.8 Å². The van der Waals surface area contributed by atoms with Gasteiger partial charge in [-0.3, -0.25) is 4.79 Å². The molecular formula is C19H23NO2S. The summed E-state index contributed by atoms with van der Waals surface area (Å²) in [6.07, 6.45) is 0. The third kappa shape index (κ3) is 5.99. The minimum Gasteiger partial charge on any atom is -0.491 e. The van der Waals surface area contributed by atoms with E-state index in [-0.39, 0.29) is 11.9 Å². The Morgan fingerprint density at radius 2 is 1.83 bits per heavy atom. The second kappa shape index (κ2) is 8.63. The van der Waals surface area contributed by atoms with E-state index in [1.807, 2.05) is 50.2 Å². The molecule has 1 atom stereocenters. The molecule has 23 heavy (non-hydrogen) atoms. The maximum atomic E-state index is 12.0. The van der Waals surface area contributed by atoms with Crippen molar-refractivity contribution in [1.82, 2.24) is 5.32 Å². The second-order valence-corrected chi connectivity index (χ2v) is 6.70. The molecule has 0 aromatic heterocycles. The molecule has 0 aliphatic rings. The molecule has 0 spiro atoms. The second-order valence-electron chi connectivity index (χ2n) is 5.65. The van der Waals surface area contributed by atoms with Crippen LogP contribution in [0, 0.1) is 13.8 Å². The summed E-state index contributed by atoms with van der Waals surface area (Å²) in [5.41, 5.74) is 2.32. The first kappa shape index (κ1) is 17.4. The molecule has 0 aliphatic carbocycles. The average Bonchev–Trinajstić information content (AvgIpc) is 2.53. The highest BCUT2D eigenvalue weighted by molar-refractivity contribution is 8.00. The highest BCUT2D eigenvalue weighted by atomic mass is 32.2. The van der Waals surface area contributed by atoms with Gasteiger partial charge in [0.15, 0.2) is 0 Å². The van der Waals surface area contributed by atoms with Crippen molar-refractivity contribution in [3.8, 4) is 5.75 Å². The van der Waals surface area contributed by atoms with Crippen LogP contribution >= 0.6 is 11.8 Å². The Morgan fingerprint density at radius 3 is 2.52 bits per heavy atom. The van der Waals surface area contributed by atoms with Crippen molar-refractivity contribution < 1.29 is 9.53 Å². The zero-order chi connectivity index (χ0) is 16.7. The molecule has 0 fully saturated rings. The molecule has 0 radical (unpaired) electrons. The quantitative estimate of drug-likeness (QED) is 0.781. The number of hydrogen-bond donors (Lipinski definition) is 1. The maximum Gasteiger partial charge on any atom is 0.230 e. The van der Waals surface area contributed by atoms with Gasteiger partial charge in [-0.2, -0.15) is 0 Å². The van der Waals surface area contributed by atoms with Gasteiger partial charge in [-0.1, -0.05) is 35.9 Å². The number of hydrogen-bond acceptors (Lipinski definition) is 3. The topological polar surface area (TPSA) is 38.3 Å². The van der Waals surface area contributed by atoms with Crippen LogP contribution in [0.3, 0.4) is 0 Å². The molecule has 1 amide bonds. The Morgan fingerprint density at radius 1 is 1.13 bits per heavy atom. The van der Waals surface area contributed by atoms with E-state index in [4.69, 9.17) is 4.74 Å². The van der Waals surface area contributed by atoms with Crippen molar-refractivity contribution in [2.24, 2.45) is 0 Å². The third-order valence-electron chi connectivity index (χ3n) is 3.38. The molecule has 1 N–H and O–H groups in total. The standard InChI is InChI=1S/C19H23NO2S/c1-14-8-10-17(11-9-14)23-13-19(21)20-16(3)12-22-18-7-5-4-6-15(18)2/h4-11,16H,12-13H2,1-3H3,(H,20,21)/t16-/m1/s1. The molecular weight excluding hydrogens is 306 g/mol. The number of rotatable bonds is 7. The highest BCUT2D eigenvalue weighted by Gasteiger charge is 2.09. The number of thioether (sulfide) groups is 1. The van der Waals surface area contributed by atoms with Gasteiger partial charge in [0.25, 0.3) is 0 Å². The summed E-state index contributed by atoms with van der Waals surface area (Å²) in [4.78, 5) is 13.1. The van der Waals surface area contributed by atoms with Crippen LogP contribution in [-0.4, -0.2) is 24.3 Å². The molecule has 0 unspecified atom stereocenters. The van der Waals surface area contributed by atoms with Crippen LogP contribution < -0.4 is 10.1 Å². The Kier molecular flexibility index (Phi) is 6.53. The van der Waals surface area contributed by atoms with E-state index in [1.165, 1.54) is 5.56 Å². The number of ether oxygens (including phenoxy) is 1. The number of amides is 1. The monoisotopic (exact) mass is 329 g/mol. The van der Waals surface area contributed by atoms with Gasteiger partial charge in [0, 0.05) is 4.90 Å². The molecule has 3 nitrogen and oxygen atoms in total. The lowest BCUT2D eigenvalue weighted by Crippen LogP contribution is -2.37. The zero-order valence-electron chi connectivity index (χ0n) is 13.8. The largest absolute Gasteiger partial charge is 0.491 e. The minimum atomic E-state index is -0.0271. The number of carbonyl (C=O) groups is 1. The van der Waals surface area contributed by atoms with E-state index < -0.39 is 0 Å². The van der Waals surface area contributed by atoms with Crippen molar-refractivity contribution >= 4 is 17.7 Å². The Hall–Kier alpha value is -1.94. The predicted octanol–water partition coefficient (Wildman–Crippen LogP) is 3.98. The number of aryl methyl sites for hydroxylation is 2. The fourth-order valence-corrected chi connectivity index (χ4v) is 2.78. The SMILES string of the molecule is Cc1ccc(SCC(=O)N[C@H](C)COc2ccccc2C)cc1. The van der Waals surface area contributed by atoms with Crippen molar-refractivity contribution in [3.63, 3.8) is 0 Å². The van der Waals surface area contributed by atoms with Crippen LogP contribution in [0.1, 0.15) is 18.1 Å². The van der Waals surface area contributed by atoms with Crippen molar-refractivity contribution in [3.05, 3.63) is 59.7 Å². The van der Waals surface area contributed by atoms with Crippen LogP contribution in [0.4, 0.5) is 0 Å². The lowest BCUT2D eigenvalue weighted by molar-refractivity contribution is -0.119. The fourth-order valence-electron chi connectivity index (χ4n) is 2.07. The van der Waals surface area contributed by atoms with E-state index >= 15 is 0 Å². The summed E-state index contributed by atoms with van der Waals surface area (Å²) in [6, 6.07) is 16.0. The van der Waals surface area contributed by atoms with Crippen molar-refractivity contribution in [2.45, 2.75) is 31.7 Å². The summed E-state index contributed by atoms with van der Waals surface area (Å²) in [6.45, 7) is 6.48. The van der Waals surface area contributed by atoms with Gasteiger partial charge in [0.05, 0.1) is 11.8 Å². The summed E-state index contributed by atoms with van der Waals surface area (Å²) in [7, 11) is 0. The molecule has 0 saturated heterocycles. The summed E-state index contributed by atoms with van der Waals surface area (Å²) < 4.78 is 5.75. The lowest BCUT2D eigenvalue weighted by atomic mass is 10.2. The van der Waals surface area contributed by atoms with Gasteiger partial charge < -0.3 is 10.1 Å². The molecule has 122 valence electrons. The predicted molar refractivity (Wildman–Crippen MR) is 96.2 cm³/mol. The summed E-state index contributed by atoms with van der Waals surface area (Å²) in [5, 5.41) is 2.97. The maximum absolute atomic E-state index is 12.0. The molecule has 2 rings (SSSR count). The van der Waals surface area contributed by atoms with Crippen molar-refractivity contribution in [1.29, 1.82) is 0 Å². The number of para-hydroxylation sites is 1. The number of carbonyl (C=O) groups excluding carboxylic acids is 1. The summed E-state index contributed by atoms with van der Waals surface area (Å²) in [5.74, 6) is 1.30. The van der Waals surface area contributed by atoms with Gasteiger partial charge in [0.1, 0.15) is 12.4 Å². The van der Waals surface area contributed by atoms with Gasteiger partial charge in [0.2, 0.25) is 5.91 Å². The molecule has 0 bridgehead atoms. The van der Waals surface area contributed by atoms with Gasteiger partial charge in [-0.05, 0) is 44.5 Å². The van der Waals surface area contributed by atoms with Crippen LogP contribution in [0.2, 0.25) is 0 Å². The average molecular weight is 329 g/mol. The highest BCUT2D eigenvalue weighted by Crippen LogP contribution is 2.18. The first-order valence-corrected chi connectivity index (χ1v) is 8.70. The lowest BCUT2D eigenvalue weighted by Gasteiger charge is -2.16. The summed E-state index contributed by atoms with van der Waals surface area (Å²) >= 11 is 1.54. The molecule has 2 aromatic carbocycles. The zero-order valence-corrected chi connectivity index (χ0v) is 14.7. The Bertz CT molecular complexity index is 640.